The van der Waals surface area contributed by atoms with E-state index in [1.54, 1.807) is 6.92 Å². The molecule has 0 spiro atoms. The maximum atomic E-state index is 10.7. The van der Waals surface area contributed by atoms with Gasteiger partial charge in [0.2, 0.25) is 0 Å². The quantitative estimate of drug-likeness (QED) is 0.740. The number of nitrogens with zero attached hydrogens (tertiary/aromatic N) is 2. The molecule has 1 rings (SSSR count). The summed E-state index contributed by atoms with van der Waals surface area (Å²) in [5, 5.41) is 8.78. The number of carboxylic acid groups (broad SMARTS) is 1. The van der Waals surface area contributed by atoms with Crippen molar-refractivity contribution >= 4 is 5.97 Å². The normalized spacial score (nSPS) is 11.4. The molecule has 0 aliphatic carbocycles. The van der Waals surface area contributed by atoms with Crippen LogP contribution in [0.1, 0.15) is 42.6 Å². The van der Waals surface area contributed by atoms with Crippen LogP contribution in [0.3, 0.4) is 0 Å². The molecule has 1 heterocycles. The van der Waals surface area contributed by atoms with Crippen molar-refractivity contribution in [2.75, 3.05) is 0 Å². The molecule has 1 N–H and O–H groups in total. The summed E-state index contributed by atoms with van der Waals surface area (Å²) in [7, 11) is 0. The second-order valence-electron chi connectivity index (χ2n) is 4.25. The van der Waals surface area contributed by atoms with E-state index < -0.39 is 5.97 Å². The van der Waals surface area contributed by atoms with E-state index in [9.17, 15) is 4.79 Å². The summed E-state index contributed by atoms with van der Waals surface area (Å²) in [5.41, 5.74) is 0.525. The lowest BCUT2D eigenvalue weighted by molar-refractivity contribution is 0.0695. The number of aryl methyl sites for hydroxylation is 1. The van der Waals surface area contributed by atoms with Crippen LogP contribution in [0, 0.1) is 6.92 Å². The first-order valence-electron chi connectivity index (χ1n) is 4.40. The van der Waals surface area contributed by atoms with E-state index >= 15 is 0 Å². The van der Waals surface area contributed by atoms with Gasteiger partial charge in [0.25, 0.3) is 0 Å². The van der Waals surface area contributed by atoms with Crippen molar-refractivity contribution in [3.63, 3.8) is 0 Å². The van der Waals surface area contributed by atoms with E-state index in [0.29, 0.717) is 11.5 Å². The van der Waals surface area contributed by atoms with Crippen LogP contribution in [0.25, 0.3) is 0 Å². The molecule has 76 valence electrons. The molecule has 1 aromatic heterocycles. The molecule has 4 heteroatoms. The standard InChI is InChI=1S/C10H14N2O2/c1-6-7(8(13)14)5-11-9(12-6)10(2,3)4/h5H,1-4H3,(H,13,14). The van der Waals surface area contributed by atoms with Crippen LogP contribution in [0.2, 0.25) is 0 Å². The van der Waals surface area contributed by atoms with E-state index in [0.717, 1.165) is 0 Å². The zero-order chi connectivity index (χ0) is 10.9. The van der Waals surface area contributed by atoms with Gasteiger partial charge in [0, 0.05) is 11.6 Å². The first-order valence-corrected chi connectivity index (χ1v) is 4.40. The lowest BCUT2D eigenvalue weighted by atomic mass is 9.95. The number of aromatic nitrogens is 2. The van der Waals surface area contributed by atoms with Gasteiger partial charge in [-0.15, -0.1) is 0 Å². The van der Waals surface area contributed by atoms with Crippen molar-refractivity contribution in [1.82, 2.24) is 9.97 Å². The molecule has 0 saturated carbocycles. The van der Waals surface area contributed by atoms with Gasteiger partial charge in [-0.2, -0.15) is 0 Å². The molecular weight excluding hydrogens is 180 g/mol. The van der Waals surface area contributed by atoms with Crippen molar-refractivity contribution in [2.24, 2.45) is 0 Å². The molecule has 0 fully saturated rings. The maximum absolute atomic E-state index is 10.7. The van der Waals surface area contributed by atoms with Gasteiger partial charge in [-0.1, -0.05) is 20.8 Å². The van der Waals surface area contributed by atoms with Gasteiger partial charge in [-0.25, -0.2) is 14.8 Å². The zero-order valence-corrected chi connectivity index (χ0v) is 8.83. The monoisotopic (exact) mass is 194 g/mol. The number of hydrogen-bond acceptors (Lipinski definition) is 3. The number of carboxylic acids is 1. The van der Waals surface area contributed by atoms with Gasteiger partial charge in [0.05, 0.1) is 11.3 Å². The third kappa shape index (κ3) is 2.07. The van der Waals surface area contributed by atoms with Gasteiger partial charge < -0.3 is 5.11 Å². The van der Waals surface area contributed by atoms with E-state index in [4.69, 9.17) is 5.11 Å². The first-order chi connectivity index (χ1) is 6.32. The summed E-state index contributed by atoms with van der Waals surface area (Å²) in [6, 6.07) is 0. The van der Waals surface area contributed by atoms with E-state index in [2.05, 4.69) is 9.97 Å². The fraction of sp³-hybridized carbons (Fsp3) is 0.500. The van der Waals surface area contributed by atoms with Crippen molar-refractivity contribution in [2.45, 2.75) is 33.1 Å². The Morgan fingerprint density at radius 3 is 2.36 bits per heavy atom. The lowest BCUT2D eigenvalue weighted by Crippen LogP contribution is -2.18. The molecular formula is C10H14N2O2. The lowest BCUT2D eigenvalue weighted by Gasteiger charge is -2.16. The smallest absolute Gasteiger partial charge is 0.339 e. The molecule has 0 aromatic carbocycles. The van der Waals surface area contributed by atoms with Crippen molar-refractivity contribution in [3.8, 4) is 0 Å². The number of aromatic carboxylic acids is 1. The molecule has 0 amide bonds. The highest BCUT2D eigenvalue weighted by molar-refractivity contribution is 5.88. The van der Waals surface area contributed by atoms with Gasteiger partial charge in [-0.05, 0) is 6.92 Å². The Kier molecular flexibility index (Phi) is 2.55. The second kappa shape index (κ2) is 3.36. The van der Waals surface area contributed by atoms with Crippen LogP contribution in [0.4, 0.5) is 0 Å². The van der Waals surface area contributed by atoms with Crippen LogP contribution in [0.5, 0.6) is 0 Å². The molecule has 0 radical (unpaired) electrons. The number of carbonyl (C=O) groups is 1. The highest BCUT2D eigenvalue weighted by Crippen LogP contribution is 2.18. The number of rotatable bonds is 1. The van der Waals surface area contributed by atoms with Crippen molar-refractivity contribution < 1.29 is 9.90 Å². The fourth-order valence-electron chi connectivity index (χ4n) is 1.04. The van der Waals surface area contributed by atoms with Crippen LogP contribution in [-0.4, -0.2) is 21.0 Å². The molecule has 0 aliphatic heterocycles. The highest BCUT2D eigenvalue weighted by atomic mass is 16.4. The Bertz CT molecular complexity index is 367. The summed E-state index contributed by atoms with van der Waals surface area (Å²) in [4.78, 5) is 18.9. The Balaban J connectivity index is 3.20. The van der Waals surface area contributed by atoms with Crippen LogP contribution in [-0.2, 0) is 5.41 Å². The molecule has 0 bridgehead atoms. The molecule has 0 unspecified atom stereocenters. The minimum Gasteiger partial charge on any atom is -0.478 e. The van der Waals surface area contributed by atoms with Crippen LogP contribution < -0.4 is 0 Å². The van der Waals surface area contributed by atoms with Gasteiger partial charge in [0.15, 0.2) is 0 Å². The fourth-order valence-corrected chi connectivity index (χ4v) is 1.04. The highest BCUT2D eigenvalue weighted by Gasteiger charge is 2.19. The molecule has 1 aromatic rings. The van der Waals surface area contributed by atoms with Crippen molar-refractivity contribution in [1.29, 1.82) is 0 Å². The van der Waals surface area contributed by atoms with Gasteiger partial charge in [0.1, 0.15) is 5.82 Å². The molecule has 0 atom stereocenters. The minimum absolute atomic E-state index is 0.151. The van der Waals surface area contributed by atoms with Crippen LogP contribution in [0.15, 0.2) is 6.20 Å². The SMILES string of the molecule is Cc1nc(C(C)(C)C)ncc1C(=O)O. The summed E-state index contributed by atoms with van der Waals surface area (Å²) in [5.74, 6) is -0.317. The third-order valence-corrected chi connectivity index (χ3v) is 1.88. The Morgan fingerprint density at radius 2 is 2.00 bits per heavy atom. The molecule has 0 saturated heterocycles. The molecule has 14 heavy (non-hydrogen) atoms. The predicted molar refractivity (Wildman–Crippen MR) is 52.4 cm³/mol. The van der Waals surface area contributed by atoms with Crippen molar-refractivity contribution in [3.05, 3.63) is 23.3 Å². The van der Waals surface area contributed by atoms with Gasteiger partial charge >= 0.3 is 5.97 Å². The summed E-state index contributed by atoms with van der Waals surface area (Å²) < 4.78 is 0. The molecule has 4 nitrogen and oxygen atoms in total. The van der Waals surface area contributed by atoms with Gasteiger partial charge in [-0.3, -0.25) is 0 Å². The first kappa shape index (κ1) is 10.6. The maximum Gasteiger partial charge on any atom is 0.339 e. The molecule has 0 aliphatic rings. The second-order valence-corrected chi connectivity index (χ2v) is 4.25. The summed E-state index contributed by atoms with van der Waals surface area (Å²) in [6.45, 7) is 7.65. The van der Waals surface area contributed by atoms with E-state index in [-0.39, 0.29) is 11.0 Å². The zero-order valence-electron chi connectivity index (χ0n) is 8.83. The Labute approximate surface area is 83.0 Å². The average molecular weight is 194 g/mol. The Morgan fingerprint density at radius 1 is 1.43 bits per heavy atom. The third-order valence-electron chi connectivity index (χ3n) is 1.88. The largest absolute Gasteiger partial charge is 0.478 e. The van der Waals surface area contributed by atoms with Crippen LogP contribution >= 0.6 is 0 Å². The topological polar surface area (TPSA) is 63.1 Å². The summed E-state index contributed by atoms with van der Waals surface area (Å²) in [6.07, 6.45) is 1.37. The Hall–Kier alpha value is -1.45. The summed E-state index contributed by atoms with van der Waals surface area (Å²) >= 11 is 0. The van der Waals surface area contributed by atoms with E-state index in [1.807, 2.05) is 20.8 Å². The average Bonchev–Trinajstić information content (AvgIpc) is 2.01. The van der Waals surface area contributed by atoms with E-state index in [1.165, 1.54) is 6.20 Å². The minimum atomic E-state index is -0.983. The number of hydrogen-bond donors (Lipinski definition) is 1. The predicted octanol–water partition coefficient (Wildman–Crippen LogP) is 1.78.